The molecule has 0 radical (unpaired) electrons. The van der Waals surface area contributed by atoms with E-state index in [-0.39, 0.29) is 17.6 Å². The van der Waals surface area contributed by atoms with Crippen LogP contribution in [0, 0.1) is 5.82 Å². The molecule has 130 valence electrons. The molecule has 25 heavy (non-hydrogen) atoms. The minimum atomic E-state index is -0.304. The molecular weight excluding hydrogens is 339 g/mol. The zero-order valence-electron chi connectivity index (χ0n) is 13.9. The zero-order chi connectivity index (χ0) is 17.8. The predicted octanol–water partition coefficient (Wildman–Crippen LogP) is 3.12. The molecule has 0 spiro atoms. The highest BCUT2D eigenvalue weighted by Crippen LogP contribution is 2.25. The first-order valence-corrected chi connectivity index (χ1v) is 8.98. The molecule has 0 atom stereocenters. The Balaban J connectivity index is 1.84. The Kier molecular flexibility index (Phi) is 5.28. The number of thiophene rings is 1. The number of carbonyl (C=O) groups excluding carboxylic acids is 2. The van der Waals surface area contributed by atoms with E-state index >= 15 is 0 Å². The van der Waals surface area contributed by atoms with Gasteiger partial charge in [0, 0.05) is 38.0 Å². The molecule has 4 nitrogen and oxygen atoms in total. The number of piperazine rings is 1. The molecule has 1 aliphatic rings. The van der Waals surface area contributed by atoms with E-state index in [2.05, 4.69) is 0 Å². The standard InChI is InChI=1S/C19H19FN2O2S/c1-14(23)21-8-10-22(11-9-21)19(24)17(18-3-2-12-25-18)13-15-4-6-16(20)7-5-15/h2-7,12-13H,8-11H2,1H3/b17-13+. The summed E-state index contributed by atoms with van der Waals surface area (Å²) in [5.41, 5.74) is 1.37. The van der Waals surface area contributed by atoms with Gasteiger partial charge in [0.05, 0.1) is 5.57 Å². The number of carbonyl (C=O) groups is 2. The van der Waals surface area contributed by atoms with E-state index in [9.17, 15) is 14.0 Å². The van der Waals surface area contributed by atoms with Crippen LogP contribution in [0.4, 0.5) is 4.39 Å². The molecule has 1 saturated heterocycles. The van der Waals surface area contributed by atoms with Crippen molar-refractivity contribution in [2.45, 2.75) is 6.92 Å². The average Bonchev–Trinajstić information content (AvgIpc) is 3.15. The second kappa shape index (κ2) is 7.61. The number of hydrogen-bond acceptors (Lipinski definition) is 3. The van der Waals surface area contributed by atoms with Crippen molar-refractivity contribution in [3.63, 3.8) is 0 Å². The van der Waals surface area contributed by atoms with Crippen LogP contribution in [0.3, 0.4) is 0 Å². The van der Waals surface area contributed by atoms with Crippen LogP contribution in [-0.2, 0) is 9.59 Å². The highest BCUT2D eigenvalue weighted by atomic mass is 32.1. The van der Waals surface area contributed by atoms with Gasteiger partial charge in [-0.25, -0.2) is 4.39 Å². The van der Waals surface area contributed by atoms with Gasteiger partial charge in [-0.05, 0) is 35.2 Å². The summed E-state index contributed by atoms with van der Waals surface area (Å²) in [5, 5.41) is 1.93. The minimum Gasteiger partial charge on any atom is -0.339 e. The molecule has 0 aliphatic carbocycles. The third kappa shape index (κ3) is 4.14. The van der Waals surface area contributed by atoms with Gasteiger partial charge in [-0.15, -0.1) is 11.3 Å². The molecule has 0 N–H and O–H groups in total. The Labute approximate surface area is 150 Å². The molecule has 2 amide bonds. The molecule has 0 bridgehead atoms. The predicted molar refractivity (Wildman–Crippen MR) is 97.4 cm³/mol. The molecule has 0 saturated carbocycles. The summed E-state index contributed by atoms with van der Waals surface area (Å²) >= 11 is 1.50. The van der Waals surface area contributed by atoms with E-state index in [1.54, 1.807) is 34.9 Å². The van der Waals surface area contributed by atoms with E-state index in [4.69, 9.17) is 0 Å². The highest BCUT2D eigenvalue weighted by Gasteiger charge is 2.25. The van der Waals surface area contributed by atoms with Gasteiger partial charge in [-0.3, -0.25) is 9.59 Å². The maximum atomic E-state index is 13.1. The molecule has 0 unspecified atom stereocenters. The Hall–Kier alpha value is -2.47. The van der Waals surface area contributed by atoms with E-state index < -0.39 is 0 Å². The van der Waals surface area contributed by atoms with Gasteiger partial charge in [-0.2, -0.15) is 0 Å². The van der Waals surface area contributed by atoms with Crippen molar-refractivity contribution in [2.24, 2.45) is 0 Å². The lowest BCUT2D eigenvalue weighted by molar-refractivity contribution is -0.135. The second-order valence-electron chi connectivity index (χ2n) is 5.89. The number of hydrogen-bond donors (Lipinski definition) is 0. The Bertz CT molecular complexity index is 776. The lowest BCUT2D eigenvalue weighted by atomic mass is 10.1. The lowest BCUT2D eigenvalue weighted by Crippen LogP contribution is -2.50. The van der Waals surface area contributed by atoms with Crippen LogP contribution in [0.5, 0.6) is 0 Å². The summed E-state index contributed by atoms with van der Waals surface area (Å²) in [6, 6.07) is 9.89. The van der Waals surface area contributed by atoms with Gasteiger partial charge in [-0.1, -0.05) is 18.2 Å². The maximum absolute atomic E-state index is 13.1. The van der Waals surface area contributed by atoms with Gasteiger partial charge in [0.25, 0.3) is 5.91 Å². The Morgan fingerprint density at radius 2 is 1.68 bits per heavy atom. The van der Waals surface area contributed by atoms with Crippen molar-refractivity contribution < 1.29 is 14.0 Å². The summed E-state index contributed by atoms with van der Waals surface area (Å²) in [6.45, 7) is 3.68. The quantitative estimate of drug-likeness (QED) is 0.791. The first kappa shape index (κ1) is 17.4. The first-order chi connectivity index (χ1) is 12.0. The first-order valence-electron chi connectivity index (χ1n) is 8.10. The fourth-order valence-electron chi connectivity index (χ4n) is 2.79. The number of amides is 2. The van der Waals surface area contributed by atoms with E-state index in [0.29, 0.717) is 31.8 Å². The van der Waals surface area contributed by atoms with Crippen LogP contribution in [0.15, 0.2) is 41.8 Å². The summed E-state index contributed by atoms with van der Waals surface area (Å²) in [6.07, 6.45) is 1.80. The van der Waals surface area contributed by atoms with Crippen molar-refractivity contribution in [2.75, 3.05) is 26.2 Å². The van der Waals surface area contributed by atoms with Crippen LogP contribution in [-0.4, -0.2) is 47.8 Å². The molecular formula is C19H19FN2O2S. The number of benzene rings is 1. The van der Waals surface area contributed by atoms with Crippen LogP contribution >= 0.6 is 11.3 Å². The fraction of sp³-hybridized carbons (Fsp3) is 0.263. The third-order valence-corrected chi connectivity index (χ3v) is 5.11. The molecule has 3 rings (SSSR count). The second-order valence-corrected chi connectivity index (χ2v) is 6.83. The summed E-state index contributed by atoms with van der Waals surface area (Å²) in [7, 11) is 0. The average molecular weight is 358 g/mol. The smallest absolute Gasteiger partial charge is 0.255 e. The number of rotatable bonds is 3. The number of halogens is 1. The van der Waals surface area contributed by atoms with Crippen LogP contribution < -0.4 is 0 Å². The molecule has 6 heteroatoms. The van der Waals surface area contributed by atoms with E-state index in [1.165, 1.54) is 23.5 Å². The van der Waals surface area contributed by atoms with Crippen molar-refractivity contribution in [3.8, 4) is 0 Å². The van der Waals surface area contributed by atoms with Gasteiger partial charge < -0.3 is 9.80 Å². The van der Waals surface area contributed by atoms with E-state index in [1.807, 2.05) is 17.5 Å². The minimum absolute atomic E-state index is 0.0347. The van der Waals surface area contributed by atoms with Crippen molar-refractivity contribution >= 4 is 34.8 Å². The SMILES string of the molecule is CC(=O)N1CCN(C(=O)/C(=C/c2ccc(F)cc2)c2cccs2)CC1. The van der Waals surface area contributed by atoms with Crippen molar-refractivity contribution in [3.05, 3.63) is 58.0 Å². The maximum Gasteiger partial charge on any atom is 0.255 e. The molecule has 1 fully saturated rings. The summed E-state index contributed by atoms with van der Waals surface area (Å²) in [4.78, 5) is 28.9. The van der Waals surface area contributed by atoms with Gasteiger partial charge >= 0.3 is 0 Å². The monoisotopic (exact) mass is 358 g/mol. The fourth-order valence-corrected chi connectivity index (χ4v) is 3.52. The Morgan fingerprint density at radius 3 is 2.24 bits per heavy atom. The summed E-state index contributed by atoms with van der Waals surface area (Å²) in [5.74, 6) is -0.330. The van der Waals surface area contributed by atoms with Crippen LogP contribution in [0.1, 0.15) is 17.4 Å². The summed E-state index contributed by atoms with van der Waals surface area (Å²) < 4.78 is 13.1. The molecule has 1 aromatic carbocycles. The molecule has 1 aliphatic heterocycles. The van der Waals surface area contributed by atoms with Gasteiger partial charge in [0.2, 0.25) is 5.91 Å². The van der Waals surface area contributed by atoms with Crippen molar-refractivity contribution in [1.82, 2.24) is 9.80 Å². The highest BCUT2D eigenvalue weighted by molar-refractivity contribution is 7.11. The largest absolute Gasteiger partial charge is 0.339 e. The van der Waals surface area contributed by atoms with Gasteiger partial charge in [0.1, 0.15) is 5.82 Å². The topological polar surface area (TPSA) is 40.6 Å². The van der Waals surface area contributed by atoms with Crippen LogP contribution in [0.25, 0.3) is 11.6 Å². The zero-order valence-corrected chi connectivity index (χ0v) is 14.8. The number of nitrogens with zero attached hydrogens (tertiary/aromatic N) is 2. The van der Waals surface area contributed by atoms with Crippen LogP contribution in [0.2, 0.25) is 0 Å². The van der Waals surface area contributed by atoms with Crippen molar-refractivity contribution in [1.29, 1.82) is 0 Å². The van der Waals surface area contributed by atoms with Gasteiger partial charge in [0.15, 0.2) is 0 Å². The lowest BCUT2D eigenvalue weighted by Gasteiger charge is -2.34. The third-order valence-electron chi connectivity index (χ3n) is 4.21. The Morgan fingerprint density at radius 1 is 1.04 bits per heavy atom. The normalized spacial score (nSPS) is 15.4. The molecule has 1 aromatic heterocycles. The van der Waals surface area contributed by atoms with E-state index in [0.717, 1.165) is 10.4 Å². The molecule has 2 aromatic rings. The molecule has 2 heterocycles.